The maximum atomic E-state index is 5.91. The van der Waals surface area contributed by atoms with Gasteiger partial charge in [0.1, 0.15) is 0 Å². The van der Waals surface area contributed by atoms with Crippen molar-refractivity contribution in [3.8, 4) is 11.8 Å². The van der Waals surface area contributed by atoms with Gasteiger partial charge < -0.3 is 0 Å². The van der Waals surface area contributed by atoms with Crippen molar-refractivity contribution >= 4 is 17.2 Å². The zero-order valence-corrected chi connectivity index (χ0v) is 11.5. The number of hydrogen-bond donors (Lipinski definition) is 0. The first-order valence-electron chi connectivity index (χ1n) is 6.35. The Hall–Kier alpha value is -2.31. The summed E-state index contributed by atoms with van der Waals surface area (Å²) in [6.45, 7) is 0. The molecule has 0 saturated carbocycles. The Bertz CT molecular complexity index is 796. The van der Waals surface area contributed by atoms with Gasteiger partial charge in [-0.2, -0.15) is 5.10 Å². The van der Waals surface area contributed by atoms with E-state index in [1.165, 1.54) is 0 Å². The Morgan fingerprint density at radius 1 is 1.20 bits per heavy atom. The van der Waals surface area contributed by atoms with Crippen LogP contribution in [0.4, 0.5) is 0 Å². The summed E-state index contributed by atoms with van der Waals surface area (Å²) in [7, 11) is 0. The smallest absolute Gasteiger partial charge is 0.155 e. The van der Waals surface area contributed by atoms with E-state index in [0.29, 0.717) is 5.02 Å². The van der Waals surface area contributed by atoms with Crippen molar-refractivity contribution in [2.75, 3.05) is 0 Å². The van der Waals surface area contributed by atoms with Crippen molar-refractivity contribution in [1.29, 1.82) is 0 Å². The molecule has 0 atom stereocenters. The molecule has 0 spiro atoms. The number of halogens is 1. The standard InChI is InChI=1S/C16H12ClN3/c17-14-6-3-5-13(12-14)4-1-2-7-15-9-11-20-16(19-15)8-10-18-20/h3,5-6,8-12H,2,7H2. The lowest BCUT2D eigenvalue weighted by Crippen LogP contribution is -1.94. The Balaban J connectivity index is 1.65. The molecule has 0 fully saturated rings. The second-order valence-corrected chi connectivity index (χ2v) is 4.80. The van der Waals surface area contributed by atoms with Crippen LogP contribution in [0.5, 0.6) is 0 Å². The van der Waals surface area contributed by atoms with Crippen molar-refractivity contribution in [2.24, 2.45) is 0 Å². The van der Waals surface area contributed by atoms with E-state index in [1.54, 1.807) is 10.7 Å². The lowest BCUT2D eigenvalue weighted by Gasteiger charge is -1.97. The van der Waals surface area contributed by atoms with Crippen LogP contribution in [-0.2, 0) is 6.42 Å². The molecule has 0 bridgehead atoms. The van der Waals surface area contributed by atoms with Gasteiger partial charge in [-0.1, -0.05) is 29.5 Å². The largest absolute Gasteiger partial charge is 0.234 e. The summed E-state index contributed by atoms with van der Waals surface area (Å²) in [4.78, 5) is 4.51. The highest BCUT2D eigenvalue weighted by Crippen LogP contribution is 2.09. The minimum Gasteiger partial charge on any atom is -0.234 e. The highest BCUT2D eigenvalue weighted by molar-refractivity contribution is 6.30. The highest BCUT2D eigenvalue weighted by atomic mass is 35.5. The fourth-order valence-corrected chi connectivity index (χ4v) is 2.10. The van der Waals surface area contributed by atoms with Crippen LogP contribution >= 0.6 is 11.6 Å². The molecule has 0 aliphatic rings. The molecule has 98 valence electrons. The number of aryl methyl sites for hydroxylation is 1. The zero-order valence-electron chi connectivity index (χ0n) is 10.8. The molecule has 1 aromatic carbocycles. The summed E-state index contributed by atoms with van der Waals surface area (Å²) in [5, 5.41) is 4.83. The summed E-state index contributed by atoms with van der Waals surface area (Å²) in [6, 6.07) is 11.4. The van der Waals surface area contributed by atoms with Gasteiger partial charge in [0.15, 0.2) is 5.65 Å². The molecule has 3 nitrogen and oxygen atoms in total. The fraction of sp³-hybridized carbons (Fsp3) is 0.125. The molecule has 2 aromatic heterocycles. The normalized spacial score (nSPS) is 10.2. The summed E-state index contributed by atoms with van der Waals surface area (Å²) in [5.74, 6) is 6.26. The Morgan fingerprint density at radius 2 is 2.15 bits per heavy atom. The van der Waals surface area contributed by atoms with Crippen molar-refractivity contribution in [3.63, 3.8) is 0 Å². The summed E-state index contributed by atoms with van der Waals surface area (Å²) >= 11 is 5.91. The predicted molar refractivity (Wildman–Crippen MR) is 79.6 cm³/mol. The molecule has 4 heteroatoms. The minimum absolute atomic E-state index is 0.713. The van der Waals surface area contributed by atoms with Crippen molar-refractivity contribution in [3.05, 3.63) is 65.1 Å². The van der Waals surface area contributed by atoms with E-state index in [0.717, 1.165) is 29.7 Å². The van der Waals surface area contributed by atoms with Gasteiger partial charge in [-0.25, -0.2) is 9.50 Å². The van der Waals surface area contributed by atoms with Crippen molar-refractivity contribution in [2.45, 2.75) is 12.8 Å². The third-order valence-electron chi connectivity index (χ3n) is 2.88. The van der Waals surface area contributed by atoms with E-state index in [4.69, 9.17) is 11.6 Å². The van der Waals surface area contributed by atoms with Gasteiger partial charge in [0.2, 0.25) is 0 Å². The first-order chi connectivity index (χ1) is 9.81. The SMILES string of the molecule is Clc1cccc(C#CCCc2ccn3nccc3n2)c1. The molecule has 0 aliphatic heterocycles. The molecule has 3 rings (SSSR count). The number of hydrogen-bond acceptors (Lipinski definition) is 2. The molecule has 0 N–H and O–H groups in total. The van der Waals surface area contributed by atoms with Crippen molar-refractivity contribution < 1.29 is 0 Å². The van der Waals surface area contributed by atoms with Crippen LogP contribution in [0.1, 0.15) is 17.7 Å². The topological polar surface area (TPSA) is 30.2 Å². The molecular weight excluding hydrogens is 270 g/mol. The van der Waals surface area contributed by atoms with Crippen LogP contribution in [0, 0.1) is 11.8 Å². The second kappa shape index (κ2) is 5.77. The third kappa shape index (κ3) is 2.98. The van der Waals surface area contributed by atoms with Crippen LogP contribution in [-0.4, -0.2) is 14.6 Å². The molecule has 0 saturated heterocycles. The fourth-order valence-electron chi connectivity index (χ4n) is 1.91. The number of benzene rings is 1. The number of rotatable bonds is 2. The van der Waals surface area contributed by atoms with Gasteiger partial charge in [-0.3, -0.25) is 0 Å². The van der Waals surface area contributed by atoms with Crippen molar-refractivity contribution in [1.82, 2.24) is 14.6 Å². The van der Waals surface area contributed by atoms with Gasteiger partial charge in [-0.05, 0) is 24.3 Å². The van der Waals surface area contributed by atoms with Gasteiger partial charge >= 0.3 is 0 Å². The maximum absolute atomic E-state index is 5.91. The average molecular weight is 282 g/mol. The predicted octanol–water partition coefficient (Wildman–Crippen LogP) is 3.37. The van der Waals surface area contributed by atoms with Crippen LogP contribution < -0.4 is 0 Å². The van der Waals surface area contributed by atoms with Gasteiger partial charge in [0.25, 0.3) is 0 Å². The Labute approximate surface area is 122 Å². The lowest BCUT2D eigenvalue weighted by atomic mass is 10.2. The molecule has 0 amide bonds. The molecule has 0 radical (unpaired) electrons. The highest BCUT2D eigenvalue weighted by Gasteiger charge is 1.97. The van der Waals surface area contributed by atoms with Crippen LogP contribution in [0.15, 0.2) is 48.8 Å². The van der Waals surface area contributed by atoms with Crippen LogP contribution in [0.2, 0.25) is 5.02 Å². The van der Waals surface area contributed by atoms with E-state index in [2.05, 4.69) is 21.9 Å². The summed E-state index contributed by atoms with van der Waals surface area (Å²) < 4.78 is 1.75. The molecule has 20 heavy (non-hydrogen) atoms. The van der Waals surface area contributed by atoms with E-state index >= 15 is 0 Å². The van der Waals surface area contributed by atoms with Gasteiger partial charge in [0, 0.05) is 41.4 Å². The number of nitrogens with zero attached hydrogens (tertiary/aromatic N) is 3. The summed E-state index contributed by atoms with van der Waals surface area (Å²) in [6.07, 6.45) is 5.26. The average Bonchev–Trinajstić information content (AvgIpc) is 2.91. The molecule has 2 heterocycles. The third-order valence-corrected chi connectivity index (χ3v) is 3.11. The lowest BCUT2D eigenvalue weighted by molar-refractivity contribution is 0.895. The second-order valence-electron chi connectivity index (χ2n) is 4.36. The van der Waals surface area contributed by atoms with Crippen LogP contribution in [0.3, 0.4) is 0 Å². The van der Waals surface area contributed by atoms with E-state index in [1.807, 2.05) is 42.6 Å². The number of aromatic nitrogens is 3. The maximum Gasteiger partial charge on any atom is 0.155 e. The van der Waals surface area contributed by atoms with E-state index in [9.17, 15) is 0 Å². The molecule has 3 aromatic rings. The monoisotopic (exact) mass is 281 g/mol. The van der Waals surface area contributed by atoms with E-state index in [-0.39, 0.29) is 0 Å². The van der Waals surface area contributed by atoms with Gasteiger partial charge in [0.05, 0.1) is 6.20 Å². The minimum atomic E-state index is 0.713. The molecule has 0 aliphatic carbocycles. The quantitative estimate of drug-likeness (QED) is 0.674. The number of fused-ring (bicyclic) bond motifs is 1. The zero-order chi connectivity index (χ0) is 13.8. The van der Waals surface area contributed by atoms with Gasteiger partial charge in [-0.15, -0.1) is 0 Å². The van der Waals surface area contributed by atoms with Crippen LogP contribution in [0.25, 0.3) is 5.65 Å². The molecule has 0 unspecified atom stereocenters. The first kappa shape index (κ1) is 12.7. The Morgan fingerprint density at radius 3 is 3.05 bits per heavy atom. The Kier molecular flexibility index (Phi) is 3.67. The van der Waals surface area contributed by atoms with E-state index < -0.39 is 0 Å². The summed E-state index contributed by atoms with van der Waals surface area (Å²) in [5.41, 5.74) is 2.83. The first-order valence-corrected chi connectivity index (χ1v) is 6.73. The molecular formula is C16H12ClN3.